The molecular formula is C22H28FN3O4. The Bertz CT molecular complexity index is 875. The highest BCUT2D eigenvalue weighted by Crippen LogP contribution is 2.30. The molecule has 8 heteroatoms. The van der Waals surface area contributed by atoms with Gasteiger partial charge in [0, 0.05) is 17.4 Å². The third-order valence-electron chi connectivity index (χ3n) is 4.35. The molecule has 0 aliphatic rings. The van der Waals surface area contributed by atoms with E-state index in [2.05, 4.69) is 10.6 Å². The number of hydrogen-bond donors (Lipinski definition) is 2. The van der Waals surface area contributed by atoms with Gasteiger partial charge in [0.2, 0.25) is 11.8 Å². The lowest BCUT2D eigenvalue weighted by atomic mass is 10.2. The lowest BCUT2D eigenvalue weighted by Gasteiger charge is -2.23. The Morgan fingerprint density at radius 3 is 2.33 bits per heavy atom. The Balaban J connectivity index is 1.94. The predicted octanol–water partition coefficient (Wildman–Crippen LogP) is 3.52. The number of rotatable bonds is 10. The van der Waals surface area contributed by atoms with Crippen molar-refractivity contribution in [2.75, 3.05) is 37.4 Å². The average molecular weight is 417 g/mol. The molecule has 0 fully saturated rings. The normalized spacial score (nSPS) is 11.7. The number of hydrogen-bond acceptors (Lipinski definition) is 5. The van der Waals surface area contributed by atoms with E-state index < -0.39 is 11.9 Å². The number of carbonyl (C=O) groups is 2. The van der Waals surface area contributed by atoms with Crippen molar-refractivity contribution < 1.29 is 23.5 Å². The second-order valence-corrected chi connectivity index (χ2v) is 6.67. The number of halogens is 1. The number of amides is 2. The molecule has 2 amide bonds. The Hall–Kier alpha value is -3.13. The maximum absolute atomic E-state index is 13.3. The summed E-state index contributed by atoms with van der Waals surface area (Å²) < 4.78 is 24.3. The zero-order valence-electron chi connectivity index (χ0n) is 17.7. The molecule has 1 unspecified atom stereocenters. The molecule has 2 aromatic rings. The zero-order chi connectivity index (χ0) is 22.1. The number of benzene rings is 2. The van der Waals surface area contributed by atoms with Crippen LogP contribution < -0.4 is 20.1 Å². The fourth-order valence-corrected chi connectivity index (χ4v) is 2.71. The summed E-state index contributed by atoms with van der Waals surface area (Å²) >= 11 is 0. The molecular weight excluding hydrogens is 389 g/mol. The maximum atomic E-state index is 13.3. The van der Waals surface area contributed by atoms with E-state index in [1.165, 1.54) is 18.2 Å². The Morgan fingerprint density at radius 1 is 1.00 bits per heavy atom. The minimum Gasteiger partial charge on any atom is -0.490 e. The van der Waals surface area contributed by atoms with Crippen LogP contribution in [-0.2, 0) is 9.59 Å². The Labute approximate surface area is 176 Å². The van der Waals surface area contributed by atoms with Gasteiger partial charge in [0.25, 0.3) is 0 Å². The third-order valence-corrected chi connectivity index (χ3v) is 4.35. The molecule has 162 valence electrons. The van der Waals surface area contributed by atoms with E-state index in [-0.39, 0.29) is 18.4 Å². The SMILES string of the molecule is CCOc1ccc(NC(=O)CN(C)C(C)C(=O)Nc2cccc(F)c2)cc1OCC. The zero-order valence-corrected chi connectivity index (χ0v) is 17.7. The largest absolute Gasteiger partial charge is 0.490 e. The van der Waals surface area contributed by atoms with Gasteiger partial charge in [-0.15, -0.1) is 0 Å². The van der Waals surface area contributed by atoms with E-state index in [0.29, 0.717) is 36.1 Å². The van der Waals surface area contributed by atoms with Gasteiger partial charge in [0.05, 0.1) is 25.8 Å². The quantitative estimate of drug-likeness (QED) is 0.618. The lowest BCUT2D eigenvalue weighted by molar-refractivity contribution is -0.122. The Morgan fingerprint density at radius 2 is 1.67 bits per heavy atom. The van der Waals surface area contributed by atoms with E-state index in [4.69, 9.17) is 9.47 Å². The van der Waals surface area contributed by atoms with Gasteiger partial charge in [-0.3, -0.25) is 14.5 Å². The number of nitrogens with one attached hydrogen (secondary N) is 2. The molecule has 2 rings (SSSR count). The van der Waals surface area contributed by atoms with Gasteiger partial charge in [-0.25, -0.2) is 4.39 Å². The summed E-state index contributed by atoms with van der Waals surface area (Å²) in [5, 5.41) is 5.44. The predicted molar refractivity (Wildman–Crippen MR) is 115 cm³/mol. The summed E-state index contributed by atoms with van der Waals surface area (Å²) in [7, 11) is 1.67. The molecule has 0 aliphatic heterocycles. The molecule has 0 saturated carbocycles. The molecule has 0 aromatic heterocycles. The first-order valence-corrected chi connectivity index (χ1v) is 9.80. The van der Waals surface area contributed by atoms with Gasteiger partial charge in [-0.1, -0.05) is 6.07 Å². The number of likely N-dealkylation sites (N-methyl/N-ethyl adjacent to an activating group) is 1. The Kier molecular flexibility index (Phi) is 8.61. The highest BCUT2D eigenvalue weighted by Gasteiger charge is 2.20. The molecule has 2 N–H and O–H groups in total. The summed E-state index contributed by atoms with van der Waals surface area (Å²) in [4.78, 5) is 26.4. The molecule has 0 heterocycles. The van der Waals surface area contributed by atoms with Gasteiger partial charge < -0.3 is 20.1 Å². The second kappa shape index (κ2) is 11.2. The van der Waals surface area contributed by atoms with Crippen molar-refractivity contribution in [3.63, 3.8) is 0 Å². The van der Waals surface area contributed by atoms with Crippen LogP contribution in [0.3, 0.4) is 0 Å². The van der Waals surface area contributed by atoms with Crippen LogP contribution in [0, 0.1) is 5.82 Å². The van der Waals surface area contributed by atoms with Crippen LogP contribution in [-0.4, -0.2) is 49.6 Å². The van der Waals surface area contributed by atoms with Gasteiger partial charge in [0.15, 0.2) is 11.5 Å². The number of ether oxygens (including phenoxy) is 2. The van der Waals surface area contributed by atoms with Crippen LogP contribution in [0.5, 0.6) is 11.5 Å². The smallest absolute Gasteiger partial charge is 0.241 e. The standard InChI is InChI=1S/C22H28FN3O4/c1-5-29-19-11-10-18(13-20(19)30-6-2)24-21(27)14-26(4)15(3)22(28)25-17-9-7-8-16(23)12-17/h7-13,15H,5-6,14H2,1-4H3,(H,24,27)(H,25,28). The van der Waals surface area contributed by atoms with Crippen molar-refractivity contribution in [2.45, 2.75) is 26.8 Å². The highest BCUT2D eigenvalue weighted by molar-refractivity contribution is 5.96. The number of carbonyl (C=O) groups excluding carboxylic acids is 2. The van der Waals surface area contributed by atoms with Gasteiger partial charge in [-0.2, -0.15) is 0 Å². The van der Waals surface area contributed by atoms with Gasteiger partial charge in [0.1, 0.15) is 5.82 Å². The molecule has 0 radical (unpaired) electrons. The minimum absolute atomic E-state index is 0.00504. The highest BCUT2D eigenvalue weighted by atomic mass is 19.1. The van der Waals surface area contributed by atoms with Crippen LogP contribution in [0.15, 0.2) is 42.5 Å². The van der Waals surface area contributed by atoms with E-state index in [1.807, 2.05) is 13.8 Å². The molecule has 0 aliphatic carbocycles. The van der Waals surface area contributed by atoms with Gasteiger partial charge in [-0.05, 0) is 58.2 Å². The van der Waals surface area contributed by atoms with Crippen LogP contribution in [0.25, 0.3) is 0 Å². The van der Waals surface area contributed by atoms with Crippen molar-refractivity contribution in [3.8, 4) is 11.5 Å². The van der Waals surface area contributed by atoms with E-state index in [0.717, 1.165) is 0 Å². The first-order valence-electron chi connectivity index (χ1n) is 9.80. The van der Waals surface area contributed by atoms with Crippen molar-refractivity contribution in [1.82, 2.24) is 4.90 Å². The van der Waals surface area contributed by atoms with Crippen molar-refractivity contribution >= 4 is 23.2 Å². The van der Waals surface area contributed by atoms with Crippen LogP contribution >= 0.6 is 0 Å². The maximum Gasteiger partial charge on any atom is 0.241 e. The molecule has 30 heavy (non-hydrogen) atoms. The summed E-state index contributed by atoms with van der Waals surface area (Å²) in [6.07, 6.45) is 0. The number of nitrogens with zero attached hydrogens (tertiary/aromatic N) is 1. The molecule has 0 saturated heterocycles. The number of anilines is 2. The summed E-state index contributed by atoms with van der Waals surface area (Å²) in [5.41, 5.74) is 0.930. The first-order chi connectivity index (χ1) is 14.3. The topological polar surface area (TPSA) is 79.9 Å². The minimum atomic E-state index is -0.599. The molecule has 0 spiro atoms. The first kappa shape index (κ1) is 23.2. The molecule has 0 bridgehead atoms. The van der Waals surface area contributed by atoms with Crippen molar-refractivity contribution in [2.24, 2.45) is 0 Å². The summed E-state index contributed by atoms with van der Waals surface area (Å²) in [6.45, 7) is 6.39. The second-order valence-electron chi connectivity index (χ2n) is 6.67. The van der Waals surface area contributed by atoms with E-state index >= 15 is 0 Å². The molecule has 1 atom stereocenters. The monoisotopic (exact) mass is 417 g/mol. The third kappa shape index (κ3) is 6.73. The summed E-state index contributed by atoms with van der Waals surface area (Å²) in [5.74, 6) is 0.102. The van der Waals surface area contributed by atoms with Crippen molar-refractivity contribution in [1.29, 1.82) is 0 Å². The van der Waals surface area contributed by atoms with Crippen LogP contribution in [0.2, 0.25) is 0 Å². The van der Waals surface area contributed by atoms with Crippen LogP contribution in [0.1, 0.15) is 20.8 Å². The van der Waals surface area contributed by atoms with Gasteiger partial charge >= 0.3 is 0 Å². The van der Waals surface area contributed by atoms with Crippen molar-refractivity contribution in [3.05, 3.63) is 48.3 Å². The molecule has 7 nitrogen and oxygen atoms in total. The van der Waals surface area contributed by atoms with Crippen LogP contribution in [0.4, 0.5) is 15.8 Å². The lowest BCUT2D eigenvalue weighted by Crippen LogP contribution is -2.43. The van der Waals surface area contributed by atoms with E-state index in [9.17, 15) is 14.0 Å². The summed E-state index contributed by atoms with van der Waals surface area (Å²) in [6, 6.07) is 10.2. The van der Waals surface area contributed by atoms with E-state index in [1.54, 1.807) is 43.1 Å². The fraction of sp³-hybridized carbons (Fsp3) is 0.364. The fourth-order valence-electron chi connectivity index (χ4n) is 2.71. The average Bonchev–Trinajstić information content (AvgIpc) is 2.69. The molecule has 2 aromatic carbocycles.